The highest BCUT2D eigenvalue weighted by Crippen LogP contribution is 2.65. The van der Waals surface area contributed by atoms with Crippen LogP contribution in [0.15, 0.2) is 53.6 Å². The Hall–Kier alpha value is -2.16. The number of ether oxygens (including phenoxy) is 1. The molecule has 0 bridgehead atoms. The smallest absolute Gasteiger partial charge is 0.338 e. The number of rotatable bonds is 3. The number of Topliss-reactive ketones (excluding diaryl/α,β-unsaturated/α-hetero) is 1. The van der Waals surface area contributed by atoms with Crippen LogP contribution in [0.25, 0.3) is 0 Å². The fraction of sp³-hybridized carbons (Fsp3) is 0.571. The Morgan fingerprint density at radius 1 is 0.935 bits per heavy atom. The van der Waals surface area contributed by atoms with E-state index in [0.717, 1.165) is 38.5 Å². The van der Waals surface area contributed by atoms with Gasteiger partial charge in [-0.15, -0.1) is 0 Å². The first-order chi connectivity index (χ1) is 14.8. The average molecular weight is 419 g/mol. The molecule has 0 aliphatic heterocycles. The van der Waals surface area contributed by atoms with E-state index in [1.807, 2.05) is 30.3 Å². The van der Waals surface area contributed by atoms with Crippen molar-refractivity contribution in [3.05, 3.63) is 59.2 Å². The number of allylic oxidation sites excluding steroid dienone is 3. The SMILES string of the molecule is CC(=O)[C@H]1CC[C@H]2C3=CC=C4C[C@@H](OC(=O)c5ccccc5)CC[C@]4(C)[C@H]3CC[C@]12C. The summed E-state index contributed by atoms with van der Waals surface area (Å²) in [4.78, 5) is 24.9. The molecule has 4 aliphatic carbocycles. The molecule has 0 spiro atoms. The molecule has 0 N–H and O–H groups in total. The average Bonchev–Trinajstić information content (AvgIpc) is 3.12. The molecule has 1 aromatic carbocycles. The zero-order chi connectivity index (χ0) is 21.8. The van der Waals surface area contributed by atoms with Crippen LogP contribution in [-0.2, 0) is 9.53 Å². The Morgan fingerprint density at radius 3 is 2.45 bits per heavy atom. The molecule has 31 heavy (non-hydrogen) atoms. The van der Waals surface area contributed by atoms with E-state index in [4.69, 9.17) is 4.74 Å². The Bertz CT molecular complexity index is 958. The largest absolute Gasteiger partial charge is 0.458 e. The molecular formula is C28H34O3. The van der Waals surface area contributed by atoms with Crippen molar-refractivity contribution >= 4 is 11.8 Å². The fourth-order valence-corrected chi connectivity index (χ4v) is 7.53. The zero-order valence-corrected chi connectivity index (χ0v) is 19.0. The Kier molecular flexibility index (Phi) is 4.99. The summed E-state index contributed by atoms with van der Waals surface area (Å²) in [6.45, 7) is 6.60. The van der Waals surface area contributed by atoms with E-state index < -0.39 is 0 Å². The van der Waals surface area contributed by atoms with Gasteiger partial charge < -0.3 is 4.74 Å². The van der Waals surface area contributed by atoms with Crippen LogP contribution >= 0.6 is 0 Å². The second-order valence-electron chi connectivity index (χ2n) is 10.8. The number of benzene rings is 1. The summed E-state index contributed by atoms with van der Waals surface area (Å²) in [5.74, 6) is 1.51. The molecule has 3 fully saturated rings. The lowest BCUT2D eigenvalue weighted by atomic mass is 9.50. The molecule has 0 radical (unpaired) electrons. The highest BCUT2D eigenvalue weighted by atomic mass is 16.5. The number of carbonyl (C=O) groups is 2. The summed E-state index contributed by atoms with van der Waals surface area (Å²) in [6.07, 6.45) is 12.0. The molecule has 5 rings (SSSR count). The minimum atomic E-state index is -0.212. The van der Waals surface area contributed by atoms with Crippen LogP contribution in [0.1, 0.15) is 76.1 Å². The third-order valence-electron chi connectivity index (χ3n) is 9.30. The summed E-state index contributed by atoms with van der Waals surface area (Å²) in [6, 6.07) is 9.30. The Labute approximate surface area is 185 Å². The summed E-state index contributed by atoms with van der Waals surface area (Å²) in [5.41, 5.74) is 3.98. The van der Waals surface area contributed by atoms with Crippen LogP contribution in [-0.4, -0.2) is 17.9 Å². The van der Waals surface area contributed by atoms with Crippen molar-refractivity contribution in [2.45, 2.75) is 71.8 Å². The van der Waals surface area contributed by atoms with E-state index in [9.17, 15) is 9.59 Å². The summed E-state index contributed by atoms with van der Waals surface area (Å²) in [5, 5.41) is 0. The molecule has 0 unspecified atom stereocenters. The van der Waals surface area contributed by atoms with Crippen molar-refractivity contribution in [2.24, 2.45) is 28.6 Å². The standard InChI is InChI=1S/C28H34O3/c1-18(29)23-11-12-24-22-10-9-20-17-21(31-26(30)19-7-5-4-6-8-19)13-15-27(20,2)25(22)14-16-28(23,24)3/h4-10,21,23-25H,11-17H2,1-3H3/t21-,23+,24-,25-,27-,28+/m0/s1. The molecule has 1 aromatic rings. The van der Waals surface area contributed by atoms with Crippen LogP contribution in [0.5, 0.6) is 0 Å². The van der Waals surface area contributed by atoms with E-state index in [0.29, 0.717) is 23.2 Å². The molecule has 6 atom stereocenters. The van der Waals surface area contributed by atoms with Gasteiger partial charge in [0.05, 0.1) is 5.56 Å². The van der Waals surface area contributed by atoms with Gasteiger partial charge in [0.1, 0.15) is 11.9 Å². The maximum Gasteiger partial charge on any atom is 0.338 e. The van der Waals surface area contributed by atoms with E-state index in [1.165, 1.54) is 12.0 Å². The third kappa shape index (κ3) is 3.23. The molecular weight excluding hydrogens is 384 g/mol. The van der Waals surface area contributed by atoms with Gasteiger partial charge in [0.25, 0.3) is 0 Å². The quantitative estimate of drug-likeness (QED) is 0.541. The van der Waals surface area contributed by atoms with Gasteiger partial charge in [-0.05, 0) is 80.2 Å². The molecule has 0 saturated heterocycles. The third-order valence-corrected chi connectivity index (χ3v) is 9.30. The van der Waals surface area contributed by atoms with Gasteiger partial charge in [-0.25, -0.2) is 4.79 Å². The number of hydrogen-bond donors (Lipinski definition) is 0. The number of hydrogen-bond acceptors (Lipinski definition) is 3. The highest BCUT2D eigenvalue weighted by molar-refractivity contribution is 5.89. The van der Waals surface area contributed by atoms with Gasteiger partial charge in [-0.1, -0.05) is 55.3 Å². The van der Waals surface area contributed by atoms with Gasteiger partial charge in [0.15, 0.2) is 0 Å². The highest BCUT2D eigenvalue weighted by Gasteiger charge is 2.57. The van der Waals surface area contributed by atoms with E-state index >= 15 is 0 Å². The fourth-order valence-electron chi connectivity index (χ4n) is 7.53. The molecule has 0 aromatic heterocycles. The zero-order valence-electron chi connectivity index (χ0n) is 19.0. The second kappa shape index (κ2) is 7.46. The van der Waals surface area contributed by atoms with Crippen molar-refractivity contribution in [1.29, 1.82) is 0 Å². The molecule has 0 amide bonds. The van der Waals surface area contributed by atoms with Crippen molar-refractivity contribution in [3.63, 3.8) is 0 Å². The van der Waals surface area contributed by atoms with Crippen molar-refractivity contribution < 1.29 is 14.3 Å². The Balaban J connectivity index is 1.36. The topological polar surface area (TPSA) is 43.4 Å². The first-order valence-corrected chi connectivity index (χ1v) is 12.0. The molecule has 0 heterocycles. The monoisotopic (exact) mass is 418 g/mol. The van der Waals surface area contributed by atoms with Gasteiger partial charge >= 0.3 is 5.97 Å². The summed E-state index contributed by atoms with van der Waals surface area (Å²) in [7, 11) is 0. The molecule has 3 nitrogen and oxygen atoms in total. The minimum Gasteiger partial charge on any atom is -0.458 e. The summed E-state index contributed by atoms with van der Waals surface area (Å²) >= 11 is 0. The predicted octanol–water partition coefficient (Wildman–Crippen LogP) is 6.30. The van der Waals surface area contributed by atoms with Gasteiger partial charge in [0, 0.05) is 12.3 Å². The second-order valence-corrected chi connectivity index (χ2v) is 10.8. The van der Waals surface area contributed by atoms with Crippen LogP contribution in [0, 0.1) is 28.6 Å². The van der Waals surface area contributed by atoms with E-state index in [2.05, 4.69) is 26.0 Å². The Morgan fingerprint density at radius 2 is 1.71 bits per heavy atom. The number of esters is 1. The van der Waals surface area contributed by atoms with Gasteiger partial charge in [-0.3, -0.25) is 4.79 Å². The molecule has 3 heteroatoms. The number of carbonyl (C=O) groups excluding carboxylic acids is 2. The maximum absolute atomic E-state index is 12.5. The van der Waals surface area contributed by atoms with Crippen molar-refractivity contribution in [3.8, 4) is 0 Å². The lowest BCUT2D eigenvalue weighted by Gasteiger charge is -2.54. The first kappa shape index (κ1) is 20.7. The predicted molar refractivity (Wildman–Crippen MR) is 121 cm³/mol. The molecule has 3 saturated carbocycles. The number of ketones is 1. The van der Waals surface area contributed by atoms with Crippen molar-refractivity contribution in [1.82, 2.24) is 0 Å². The van der Waals surface area contributed by atoms with Crippen molar-refractivity contribution in [2.75, 3.05) is 0 Å². The normalized spacial score (nSPS) is 38.8. The lowest BCUT2D eigenvalue weighted by molar-refractivity contribution is -0.124. The lowest BCUT2D eigenvalue weighted by Crippen LogP contribution is -2.47. The molecule has 164 valence electrons. The maximum atomic E-state index is 12.5. The van der Waals surface area contributed by atoms with Crippen LogP contribution < -0.4 is 0 Å². The molecule has 4 aliphatic rings. The van der Waals surface area contributed by atoms with E-state index in [-0.39, 0.29) is 28.8 Å². The van der Waals surface area contributed by atoms with Gasteiger partial charge in [-0.2, -0.15) is 0 Å². The van der Waals surface area contributed by atoms with Crippen LogP contribution in [0.3, 0.4) is 0 Å². The van der Waals surface area contributed by atoms with Crippen LogP contribution in [0.2, 0.25) is 0 Å². The number of fused-ring (bicyclic) bond motifs is 5. The van der Waals surface area contributed by atoms with Gasteiger partial charge in [0.2, 0.25) is 0 Å². The summed E-state index contributed by atoms with van der Waals surface area (Å²) < 4.78 is 5.90. The minimum absolute atomic E-state index is 0.0376. The van der Waals surface area contributed by atoms with Crippen LogP contribution in [0.4, 0.5) is 0 Å². The van der Waals surface area contributed by atoms with E-state index in [1.54, 1.807) is 12.5 Å². The first-order valence-electron chi connectivity index (χ1n) is 12.0.